The average Bonchev–Trinajstić information content (AvgIpc) is 2.63. The number of hydrogen-bond acceptors (Lipinski definition) is 4. The van der Waals surface area contributed by atoms with Crippen LogP contribution in [0.5, 0.6) is 0 Å². The average molecular weight is 284 g/mol. The Morgan fingerprint density at radius 2 is 2.16 bits per heavy atom. The van der Waals surface area contributed by atoms with Crippen molar-refractivity contribution in [2.24, 2.45) is 0 Å². The number of nitrogens with one attached hydrogen (secondary N) is 1. The highest BCUT2D eigenvalue weighted by atomic mass is 32.2. The third-order valence-corrected chi connectivity index (χ3v) is 6.00. The monoisotopic (exact) mass is 284 g/mol. The quantitative estimate of drug-likeness (QED) is 0.756. The van der Waals surface area contributed by atoms with Crippen LogP contribution < -0.4 is 5.32 Å². The van der Waals surface area contributed by atoms with Crippen LogP contribution in [0.3, 0.4) is 0 Å². The Bertz CT molecular complexity index is 363. The molecular weight excluding hydrogens is 260 g/mol. The van der Waals surface area contributed by atoms with Gasteiger partial charge in [-0.25, -0.2) is 0 Å². The summed E-state index contributed by atoms with van der Waals surface area (Å²) in [5, 5.41) is 3.33. The first-order chi connectivity index (χ1) is 9.03. The SMILES string of the molecule is CCC(C)N1C(=O)CC(NCC2(SC)CCC2)C1=O. The Morgan fingerprint density at radius 1 is 1.47 bits per heavy atom. The van der Waals surface area contributed by atoms with Crippen molar-refractivity contribution in [1.82, 2.24) is 10.2 Å². The van der Waals surface area contributed by atoms with E-state index in [1.807, 2.05) is 25.6 Å². The van der Waals surface area contributed by atoms with E-state index in [0.717, 1.165) is 13.0 Å². The molecular formula is C14H24N2O2S. The highest BCUT2D eigenvalue weighted by Gasteiger charge is 2.42. The van der Waals surface area contributed by atoms with Crippen molar-refractivity contribution < 1.29 is 9.59 Å². The number of thioether (sulfide) groups is 1. The van der Waals surface area contributed by atoms with Gasteiger partial charge in [-0.05, 0) is 32.4 Å². The summed E-state index contributed by atoms with van der Waals surface area (Å²) < 4.78 is 0.299. The number of rotatable bonds is 6. The third kappa shape index (κ3) is 2.82. The number of amides is 2. The lowest BCUT2D eigenvalue weighted by molar-refractivity contribution is -0.141. The van der Waals surface area contributed by atoms with E-state index in [1.165, 1.54) is 24.2 Å². The number of carbonyl (C=O) groups is 2. The van der Waals surface area contributed by atoms with Crippen LogP contribution in [-0.4, -0.2) is 46.3 Å². The van der Waals surface area contributed by atoms with Gasteiger partial charge in [0.05, 0.1) is 12.5 Å². The van der Waals surface area contributed by atoms with Crippen LogP contribution in [0.1, 0.15) is 46.0 Å². The first-order valence-corrected chi connectivity index (χ1v) is 8.40. The van der Waals surface area contributed by atoms with Crippen LogP contribution in [0.15, 0.2) is 0 Å². The maximum Gasteiger partial charge on any atom is 0.247 e. The smallest absolute Gasteiger partial charge is 0.247 e. The van der Waals surface area contributed by atoms with E-state index >= 15 is 0 Å². The molecule has 1 aliphatic heterocycles. The van der Waals surface area contributed by atoms with Gasteiger partial charge in [-0.2, -0.15) is 11.8 Å². The van der Waals surface area contributed by atoms with Crippen LogP contribution in [0.25, 0.3) is 0 Å². The summed E-state index contributed by atoms with van der Waals surface area (Å²) in [5.41, 5.74) is 0. The molecule has 0 aromatic heterocycles. The molecule has 0 bridgehead atoms. The minimum absolute atomic E-state index is 0.0185. The summed E-state index contributed by atoms with van der Waals surface area (Å²) in [5.74, 6) is -0.0569. The molecule has 0 aromatic carbocycles. The van der Waals surface area contributed by atoms with Gasteiger partial charge in [-0.3, -0.25) is 14.5 Å². The van der Waals surface area contributed by atoms with Crippen LogP contribution in [0, 0.1) is 0 Å². The Labute approximate surface area is 119 Å². The highest BCUT2D eigenvalue weighted by Crippen LogP contribution is 2.42. The predicted octanol–water partition coefficient (Wildman–Crippen LogP) is 1.79. The maximum atomic E-state index is 12.3. The van der Waals surface area contributed by atoms with Gasteiger partial charge < -0.3 is 5.32 Å². The van der Waals surface area contributed by atoms with Crippen LogP contribution in [0.2, 0.25) is 0 Å². The van der Waals surface area contributed by atoms with Gasteiger partial charge in [-0.15, -0.1) is 0 Å². The molecule has 5 heteroatoms. The van der Waals surface area contributed by atoms with Gasteiger partial charge in [-0.1, -0.05) is 13.3 Å². The Balaban J connectivity index is 1.92. The third-order valence-electron chi connectivity index (χ3n) is 4.58. The molecule has 1 saturated carbocycles. The number of nitrogens with zero attached hydrogens (tertiary/aromatic N) is 1. The maximum absolute atomic E-state index is 12.3. The lowest BCUT2D eigenvalue weighted by Crippen LogP contribution is -2.49. The van der Waals surface area contributed by atoms with E-state index in [1.54, 1.807) is 0 Å². The fourth-order valence-corrected chi connectivity index (χ4v) is 3.71. The molecule has 2 fully saturated rings. The molecule has 2 amide bonds. The molecule has 1 N–H and O–H groups in total. The summed E-state index contributed by atoms with van der Waals surface area (Å²) in [6.07, 6.45) is 6.98. The molecule has 2 rings (SSSR count). The van der Waals surface area contributed by atoms with E-state index in [4.69, 9.17) is 0 Å². The molecule has 1 saturated heterocycles. The second-order valence-electron chi connectivity index (χ2n) is 5.74. The zero-order valence-electron chi connectivity index (χ0n) is 12.1. The van der Waals surface area contributed by atoms with E-state index in [-0.39, 0.29) is 23.9 Å². The van der Waals surface area contributed by atoms with Crippen molar-refractivity contribution in [2.75, 3.05) is 12.8 Å². The Kier molecular flexibility index (Phi) is 4.56. The predicted molar refractivity (Wildman–Crippen MR) is 78.1 cm³/mol. The number of carbonyl (C=O) groups excluding carboxylic acids is 2. The van der Waals surface area contributed by atoms with Gasteiger partial charge in [0, 0.05) is 17.3 Å². The van der Waals surface area contributed by atoms with Crippen molar-refractivity contribution >= 4 is 23.6 Å². The fraction of sp³-hybridized carbons (Fsp3) is 0.857. The summed E-state index contributed by atoms with van der Waals surface area (Å²) >= 11 is 1.88. The van der Waals surface area contributed by atoms with Crippen LogP contribution in [0.4, 0.5) is 0 Å². The second kappa shape index (κ2) is 5.83. The summed E-state index contributed by atoms with van der Waals surface area (Å²) in [4.78, 5) is 25.6. The molecule has 4 nitrogen and oxygen atoms in total. The lowest BCUT2D eigenvalue weighted by atomic mass is 9.84. The zero-order chi connectivity index (χ0) is 14.0. The first kappa shape index (κ1) is 14.9. The molecule has 0 radical (unpaired) electrons. The molecule has 1 aliphatic carbocycles. The Hall–Kier alpha value is -0.550. The van der Waals surface area contributed by atoms with E-state index < -0.39 is 0 Å². The van der Waals surface area contributed by atoms with Crippen LogP contribution in [-0.2, 0) is 9.59 Å². The largest absolute Gasteiger partial charge is 0.304 e. The molecule has 1 heterocycles. The number of likely N-dealkylation sites (tertiary alicyclic amines) is 1. The molecule has 108 valence electrons. The minimum Gasteiger partial charge on any atom is -0.304 e. The van der Waals surface area contributed by atoms with Gasteiger partial charge >= 0.3 is 0 Å². The first-order valence-electron chi connectivity index (χ1n) is 7.17. The molecule has 2 unspecified atom stereocenters. The van der Waals surface area contributed by atoms with Crippen molar-refractivity contribution in [3.8, 4) is 0 Å². The second-order valence-corrected chi connectivity index (χ2v) is 7.01. The van der Waals surface area contributed by atoms with E-state index in [2.05, 4.69) is 11.6 Å². The molecule has 0 aromatic rings. The fourth-order valence-electron chi connectivity index (χ4n) is 2.79. The van der Waals surface area contributed by atoms with E-state index in [0.29, 0.717) is 11.2 Å². The molecule has 2 atom stereocenters. The minimum atomic E-state index is -0.300. The summed E-state index contributed by atoms with van der Waals surface area (Å²) in [6.45, 7) is 4.78. The van der Waals surface area contributed by atoms with Gasteiger partial charge in [0.15, 0.2) is 0 Å². The summed E-state index contributed by atoms with van der Waals surface area (Å²) in [7, 11) is 0. The van der Waals surface area contributed by atoms with Gasteiger partial charge in [0.25, 0.3) is 0 Å². The number of hydrogen-bond donors (Lipinski definition) is 1. The lowest BCUT2D eigenvalue weighted by Gasteiger charge is -2.41. The highest BCUT2D eigenvalue weighted by molar-refractivity contribution is 8.00. The van der Waals surface area contributed by atoms with Crippen molar-refractivity contribution in [2.45, 2.75) is 62.8 Å². The zero-order valence-corrected chi connectivity index (χ0v) is 12.9. The van der Waals surface area contributed by atoms with Crippen molar-refractivity contribution in [1.29, 1.82) is 0 Å². The topological polar surface area (TPSA) is 49.4 Å². The van der Waals surface area contributed by atoms with Gasteiger partial charge in [0.2, 0.25) is 11.8 Å². The van der Waals surface area contributed by atoms with Crippen molar-refractivity contribution in [3.05, 3.63) is 0 Å². The number of imide groups is 1. The van der Waals surface area contributed by atoms with Crippen LogP contribution >= 0.6 is 11.8 Å². The van der Waals surface area contributed by atoms with E-state index in [9.17, 15) is 9.59 Å². The van der Waals surface area contributed by atoms with Gasteiger partial charge in [0.1, 0.15) is 0 Å². The Morgan fingerprint density at radius 3 is 2.63 bits per heavy atom. The molecule has 2 aliphatic rings. The summed E-state index contributed by atoms with van der Waals surface area (Å²) in [6, 6.07) is -0.281. The normalized spacial score (nSPS) is 27.5. The van der Waals surface area contributed by atoms with Crippen molar-refractivity contribution in [3.63, 3.8) is 0 Å². The molecule has 19 heavy (non-hydrogen) atoms. The molecule has 0 spiro atoms. The standard InChI is InChI=1S/C14H24N2O2S/c1-4-10(2)16-12(17)8-11(13(16)18)15-9-14(19-3)6-5-7-14/h10-11,15H,4-9H2,1-3H3.